The molecule has 0 aliphatic carbocycles. The molecule has 0 unspecified atom stereocenters. The van der Waals surface area contributed by atoms with Crippen LogP contribution in [0.3, 0.4) is 0 Å². The van der Waals surface area contributed by atoms with E-state index in [1.807, 2.05) is 0 Å². The molecule has 2 aliphatic rings. The highest BCUT2D eigenvalue weighted by Gasteiger charge is 2.40. The standard InChI is InChI=1S/C14H19N3O2S/c1-3-20-12-5-4-10-6-11-8-16(14(18)19)7-9(2)17(11)13(10)15-12/h4-5,9,11H,3,6-8H2,1-2H3,(H,18,19)/t9-,11-/m1/s1. The van der Waals surface area contributed by atoms with E-state index in [9.17, 15) is 9.90 Å². The Morgan fingerprint density at radius 2 is 2.30 bits per heavy atom. The van der Waals surface area contributed by atoms with Gasteiger partial charge in [0.05, 0.1) is 11.1 Å². The molecule has 0 bridgehead atoms. The zero-order valence-corrected chi connectivity index (χ0v) is 12.6. The van der Waals surface area contributed by atoms with Crippen LogP contribution in [0.15, 0.2) is 17.2 Å². The van der Waals surface area contributed by atoms with Crippen LogP contribution in [0.2, 0.25) is 0 Å². The van der Waals surface area contributed by atoms with Crippen molar-refractivity contribution in [2.45, 2.75) is 37.4 Å². The fourth-order valence-corrected chi connectivity index (χ4v) is 3.82. The summed E-state index contributed by atoms with van der Waals surface area (Å²) >= 11 is 1.75. The molecule has 20 heavy (non-hydrogen) atoms. The van der Waals surface area contributed by atoms with Gasteiger partial charge >= 0.3 is 6.09 Å². The Hall–Kier alpha value is -1.43. The van der Waals surface area contributed by atoms with Gasteiger partial charge in [-0.3, -0.25) is 0 Å². The van der Waals surface area contributed by atoms with Crippen molar-refractivity contribution in [3.63, 3.8) is 0 Å². The molecule has 5 nitrogen and oxygen atoms in total. The highest BCUT2D eigenvalue weighted by molar-refractivity contribution is 7.99. The van der Waals surface area contributed by atoms with Crippen LogP contribution in [0.5, 0.6) is 0 Å². The Morgan fingerprint density at radius 3 is 3.00 bits per heavy atom. The molecule has 2 atom stereocenters. The van der Waals surface area contributed by atoms with Crippen molar-refractivity contribution in [1.29, 1.82) is 0 Å². The Balaban J connectivity index is 1.88. The highest BCUT2D eigenvalue weighted by atomic mass is 32.2. The number of thioether (sulfide) groups is 1. The molecule has 0 radical (unpaired) electrons. The normalized spacial score (nSPS) is 24.5. The van der Waals surface area contributed by atoms with Gasteiger partial charge in [-0.2, -0.15) is 0 Å². The largest absolute Gasteiger partial charge is 0.465 e. The molecule has 1 aromatic rings. The third kappa shape index (κ3) is 2.22. The summed E-state index contributed by atoms with van der Waals surface area (Å²) < 4.78 is 0. The number of aromatic nitrogens is 1. The van der Waals surface area contributed by atoms with Crippen LogP contribution >= 0.6 is 11.8 Å². The monoisotopic (exact) mass is 293 g/mol. The molecule has 1 N–H and O–H groups in total. The maximum atomic E-state index is 11.2. The van der Waals surface area contributed by atoms with Gasteiger partial charge in [-0.15, -0.1) is 11.8 Å². The van der Waals surface area contributed by atoms with Gasteiger partial charge in [0, 0.05) is 19.1 Å². The lowest BCUT2D eigenvalue weighted by Crippen LogP contribution is -2.57. The second-order valence-electron chi connectivity index (χ2n) is 5.37. The molecule has 2 aliphatic heterocycles. The van der Waals surface area contributed by atoms with E-state index < -0.39 is 6.09 Å². The number of nitrogens with zero attached hydrogens (tertiary/aromatic N) is 3. The van der Waals surface area contributed by atoms with E-state index in [4.69, 9.17) is 4.98 Å². The van der Waals surface area contributed by atoms with Crippen molar-refractivity contribution >= 4 is 23.7 Å². The van der Waals surface area contributed by atoms with E-state index in [2.05, 4.69) is 30.9 Å². The molecule has 0 saturated carbocycles. The van der Waals surface area contributed by atoms with Gasteiger partial charge in [-0.25, -0.2) is 9.78 Å². The second-order valence-corrected chi connectivity index (χ2v) is 6.65. The average Bonchev–Trinajstić information content (AvgIpc) is 2.77. The Bertz CT molecular complexity index is 537. The minimum Gasteiger partial charge on any atom is -0.465 e. The minimum atomic E-state index is -0.817. The summed E-state index contributed by atoms with van der Waals surface area (Å²) in [4.78, 5) is 19.8. The molecule has 1 aromatic heterocycles. The van der Waals surface area contributed by atoms with Crippen molar-refractivity contribution in [3.8, 4) is 0 Å². The molecule has 1 amide bonds. The van der Waals surface area contributed by atoms with Gasteiger partial charge in [0.2, 0.25) is 0 Å². The predicted molar refractivity (Wildman–Crippen MR) is 79.7 cm³/mol. The molecule has 108 valence electrons. The number of pyridine rings is 1. The van der Waals surface area contributed by atoms with Gasteiger partial charge in [0.15, 0.2) is 0 Å². The summed E-state index contributed by atoms with van der Waals surface area (Å²) in [7, 11) is 0. The molecule has 6 heteroatoms. The summed E-state index contributed by atoms with van der Waals surface area (Å²) in [5.41, 5.74) is 1.24. The van der Waals surface area contributed by atoms with Gasteiger partial charge < -0.3 is 14.9 Å². The van der Waals surface area contributed by atoms with Crippen molar-refractivity contribution < 1.29 is 9.90 Å². The topological polar surface area (TPSA) is 56.7 Å². The van der Waals surface area contributed by atoms with Crippen LogP contribution in [-0.4, -0.2) is 52.0 Å². The van der Waals surface area contributed by atoms with Gasteiger partial charge in [0.25, 0.3) is 0 Å². The second kappa shape index (κ2) is 5.16. The summed E-state index contributed by atoms with van der Waals surface area (Å²) in [6.07, 6.45) is 0.0794. The summed E-state index contributed by atoms with van der Waals surface area (Å²) in [5, 5.41) is 10.3. The molecule has 3 heterocycles. The van der Waals surface area contributed by atoms with E-state index in [-0.39, 0.29) is 12.1 Å². The number of amides is 1. The first-order valence-corrected chi connectivity index (χ1v) is 7.97. The molecule has 1 fully saturated rings. The van der Waals surface area contributed by atoms with Gasteiger partial charge in [-0.1, -0.05) is 13.0 Å². The third-order valence-corrected chi connectivity index (χ3v) is 4.79. The lowest BCUT2D eigenvalue weighted by atomic mass is 10.1. The Kier molecular flexibility index (Phi) is 3.50. The quantitative estimate of drug-likeness (QED) is 0.848. The summed E-state index contributed by atoms with van der Waals surface area (Å²) in [6.45, 7) is 5.33. The zero-order valence-electron chi connectivity index (χ0n) is 11.7. The maximum Gasteiger partial charge on any atom is 0.407 e. The fourth-order valence-electron chi connectivity index (χ4n) is 3.21. The van der Waals surface area contributed by atoms with Crippen LogP contribution in [0, 0.1) is 0 Å². The van der Waals surface area contributed by atoms with Crippen LogP contribution in [-0.2, 0) is 6.42 Å². The summed E-state index contributed by atoms with van der Waals surface area (Å²) in [5.74, 6) is 2.07. The van der Waals surface area contributed by atoms with E-state index in [1.54, 1.807) is 11.8 Å². The summed E-state index contributed by atoms with van der Waals surface area (Å²) in [6, 6.07) is 4.64. The molecule has 3 rings (SSSR count). The maximum absolute atomic E-state index is 11.2. The van der Waals surface area contributed by atoms with Gasteiger partial charge in [0.1, 0.15) is 5.82 Å². The smallest absolute Gasteiger partial charge is 0.407 e. The molecule has 0 spiro atoms. The van der Waals surface area contributed by atoms with Gasteiger partial charge in [-0.05, 0) is 30.7 Å². The number of piperazine rings is 1. The van der Waals surface area contributed by atoms with Crippen molar-refractivity contribution in [2.24, 2.45) is 0 Å². The number of carboxylic acid groups (broad SMARTS) is 1. The lowest BCUT2D eigenvalue weighted by Gasteiger charge is -2.42. The first kappa shape index (κ1) is 13.5. The highest BCUT2D eigenvalue weighted by Crippen LogP contribution is 2.36. The number of rotatable bonds is 2. The van der Waals surface area contributed by atoms with Crippen LogP contribution in [0.4, 0.5) is 10.6 Å². The molecular formula is C14H19N3O2S. The molecule has 1 saturated heterocycles. The third-order valence-electron chi connectivity index (χ3n) is 3.98. The van der Waals surface area contributed by atoms with E-state index >= 15 is 0 Å². The molecule has 0 aromatic carbocycles. The van der Waals surface area contributed by atoms with E-state index in [1.165, 1.54) is 10.5 Å². The predicted octanol–water partition coefficient (Wildman–Crippen LogP) is 2.31. The SMILES string of the molecule is CCSc1ccc2c(n1)N1[C@H](C2)CN(C(=O)O)C[C@H]1C. The number of fused-ring (bicyclic) bond motifs is 3. The number of carbonyl (C=O) groups is 1. The van der Waals surface area contributed by atoms with Crippen LogP contribution in [0.25, 0.3) is 0 Å². The van der Waals surface area contributed by atoms with E-state index in [0.717, 1.165) is 23.0 Å². The minimum absolute atomic E-state index is 0.181. The number of anilines is 1. The number of hydrogen-bond acceptors (Lipinski definition) is 4. The van der Waals surface area contributed by atoms with Crippen molar-refractivity contribution in [2.75, 3.05) is 23.7 Å². The lowest BCUT2D eigenvalue weighted by molar-refractivity contribution is 0.128. The first-order chi connectivity index (χ1) is 9.60. The molecular weight excluding hydrogens is 274 g/mol. The average molecular weight is 293 g/mol. The number of hydrogen-bond donors (Lipinski definition) is 1. The zero-order chi connectivity index (χ0) is 14.3. The van der Waals surface area contributed by atoms with E-state index in [0.29, 0.717) is 13.1 Å². The first-order valence-electron chi connectivity index (χ1n) is 6.99. The fraction of sp³-hybridized carbons (Fsp3) is 0.571. The van der Waals surface area contributed by atoms with Crippen LogP contribution < -0.4 is 4.90 Å². The Morgan fingerprint density at radius 1 is 1.50 bits per heavy atom. The Labute approximate surface area is 123 Å². The van der Waals surface area contributed by atoms with Crippen molar-refractivity contribution in [3.05, 3.63) is 17.7 Å². The van der Waals surface area contributed by atoms with Crippen LogP contribution in [0.1, 0.15) is 19.4 Å². The van der Waals surface area contributed by atoms with Crippen molar-refractivity contribution in [1.82, 2.24) is 9.88 Å².